The monoisotopic (exact) mass is 263 g/mol. The molecule has 0 aromatic heterocycles. The second kappa shape index (κ2) is 6.57. The van der Waals surface area contributed by atoms with E-state index in [1.807, 2.05) is 25.1 Å². The molecule has 0 bridgehead atoms. The topological polar surface area (TPSA) is 38.8 Å². The summed E-state index contributed by atoms with van der Waals surface area (Å²) in [5.41, 5.74) is 0.661. The van der Waals surface area contributed by atoms with Crippen molar-refractivity contribution in [1.29, 1.82) is 0 Å². The van der Waals surface area contributed by atoms with E-state index in [1.54, 1.807) is 18.0 Å². The van der Waals surface area contributed by atoms with Crippen molar-refractivity contribution in [2.75, 3.05) is 26.8 Å². The van der Waals surface area contributed by atoms with Crippen LogP contribution in [0.25, 0.3) is 0 Å². The molecule has 2 rings (SSSR count). The first-order valence-electron chi connectivity index (χ1n) is 6.80. The van der Waals surface area contributed by atoms with Gasteiger partial charge in [-0.3, -0.25) is 4.79 Å². The molecule has 1 amide bonds. The lowest BCUT2D eigenvalue weighted by Crippen LogP contribution is -2.26. The van der Waals surface area contributed by atoms with E-state index in [4.69, 9.17) is 9.47 Å². The number of carbonyl (C=O) groups is 1. The van der Waals surface area contributed by atoms with Crippen molar-refractivity contribution in [3.63, 3.8) is 0 Å². The lowest BCUT2D eigenvalue weighted by atomic mass is 10.2. The van der Waals surface area contributed by atoms with Gasteiger partial charge in [0, 0.05) is 25.8 Å². The lowest BCUT2D eigenvalue weighted by Gasteiger charge is -2.16. The van der Waals surface area contributed by atoms with Gasteiger partial charge in [0.25, 0.3) is 5.91 Å². The molecule has 1 aromatic rings. The van der Waals surface area contributed by atoms with Crippen LogP contribution in [-0.2, 0) is 4.74 Å². The fourth-order valence-corrected chi connectivity index (χ4v) is 2.05. The normalized spacial score (nSPS) is 18.3. The number of hydrogen-bond donors (Lipinski definition) is 0. The van der Waals surface area contributed by atoms with Gasteiger partial charge in [0.1, 0.15) is 12.4 Å². The molecule has 0 N–H and O–H groups in total. The van der Waals surface area contributed by atoms with Gasteiger partial charge >= 0.3 is 0 Å². The molecule has 1 aliphatic rings. The molecular weight excluding hydrogens is 242 g/mol. The minimum Gasteiger partial charge on any atom is -0.491 e. The van der Waals surface area contributed by atoms with Crippen LogP contribution in [0.3, 0.4) is 0 Å². The second-order valence-corrected chi connectivity index (χ2v) is 4.79. The average molecular weight is 263 g/mol. The summed E-state index contributed by atoms with van der Waals surface area (Å²) >= 11 is 0. The minimum absolute atomic E-state index is 0.0186. The zero-order valence-electron chi connectivity index (χ0n) is 11.6. The number of nitrogens with zero attached hydrogens (tertiary/aromatic N) is 1. The van der Waals surface area contributed by atoms with Gasteiger partial charge in [-0.25, -0.2) is 0 Å². The highest BCUT2D eigenvalue weighted by molar-refractivity contribution is 5.94. The number of carbonyl (C=O) groups excluding carboxylic acids is 1. The van der Waals surface area contributed by atoms with Crippen LogP contribution in [0, 0.1) is 0 Å². The highest BCUT2D eigenvalue weighted by Gasteiger charge is 2.16. The van der Waals surface area contributed by atoms with Crippen molar-refractivity contribution >= 4 is 5.91 Å². The molecule has 0 saturated carbocycles. The molecule has 4 heteroatoms. The highest BCUT2D eigenvalue weighted by Crippen LogP contribution is 2.17. The largest absolute Gasteiger partial charge is 0.491 e. The van der Waals surface area contributed by atoms with Crippen molar-refractivity contribution in [2.24, 2.45) is 0 Å². The van der Waals surface area contributed by atoms with E-state index in [-0.39, 0.29) is 12.0 Å². The Bertz CT molecular complexity index is 427. The Labute approximate surface area is 114 Å². The van der Waals surface area contributed by atoms with Crippen LogP contribution in [0.2, 0.25) is 0 Å². The zero-order chi connectivity index (χ0) is 13.7. The SMILES string of the molecule is CCN(C)C(=O)c1cccc(OCC2CCCO2)c1. The Kier molecular flexibility index (Phi) is 4.80. The molecule has 1 fully saturated rings. The molecule has 0 aliphatic carbocycles. The molecule has 0 spiro atoms. The number of hydrogen-bond acceptors (Lipinski definition) is 3. The molecule has 1 atom stereocenters. The van der Waals surface area contributed by atoms with Crippen molar-refractivity contribution in [3.8, 4) is 5.75 Å². The Morgan fingerprint density at radius 2 is 2.37 bits per heavy atom. The quantitative estimate of drug-likeness (QED) is 0.818. The number of ether oxygens (including phenoxy) is 2. The van der Waals surface area contributed by atoms with Crippen molar-refractivity contribution in [3.05, 3.63) is 29.8 Å². The number of benzene rings is 1. The molecule has 1 aromatic carbocycles. The third-order valence-corrected chi connectivity index (χ3v) is 3.36. The molecule has 1 aliphatic heterocycles. The van der Waals surface area contributed by atoms with Gasteiger partial charge in [-0.2, -0.15) is 0 Å². The van der Waals surface area contributed by atoms with Crippen molar-refractivity contribution in [1.82, 2.24) is 4.90 Å². The maximum atomic E-state index is 12.0. The molecule has 104 valence electrons. The van der Waals surface area contributed by atoms with E-state index in [0.717, 1.165) is 25.2 Å². The first kappa shape index (κ1) is 13.9. The molecule has 1 heterocycles. The second-order valence-electron chi connectivity index (χ2n) is 4.79. The first-order valence-corrected chi connectivity index (χ1v) is 6.80. The van der Waals surface area contributed by atoms with Gasteiger partial charge in [-0.05, 0) is 38.0 Å². The predicted molar refractivity (Wildman–Crippen MR) is 73.5 cm³/mol. The molecule has 4 nitrogen and oxygen atoms in total. The van der Waals surface area contributed by atoms with Gasteiger partial charge in [-0.15, -0.1) is 0 Å². The van der Waals surface area contributed by atoms with Crippen LogP contribution in [0.15, 0.2) is 24.3 Å². The third kappa shape index (κ3) is 3.70. The minimum atomic E-state index is 0.0186. The number of amides is 1. The summed E-state index contributed by atoms with van der Waals surface area (Å²) in [5, 5.41) is 0. The lowest BCUT2D eigenvalue weighted by molar-refractivity contribution is 0.0678. The molecule has 19 heavy (non-hydrogen) atoms. The zero-order valence-corrected chi connectivity index (χ0v) is 11.6. The summed E-state index contributed by atoms with van der Waals surface area (Å²) in [4.78, 5) is 13.7. The van der Waals surface area contributed by atoms with Crippen LogP contribution >= 0.6 is 0 Å². The van der Waals surface area contributed by atoms with Gasteiger partial charge in [0.2, 0.25) is 0 Å². The highest BCUT2D eigenvalue weighted by atomic mass is 16.5. The summed E-state index contributed by atoms with van der Waals surface area (Å²) in [6, 6.07) is 7.33. The smallest absolute Gasteiger partial charge is 0.253 e. The average Bonchev–Trinajstić information content (AvgIpc) is 2.97. The summed E-state index contributed by atoms with van der Waals surface area (Å²) in [6.45, 7) is 4.03. The Balaban J connectivity index is 1.96. The van der Waals surface area contributed by atoms with Crippen LogP contribution < -0.4 is 4.74 Å². The van der Waals surface area contributed by atoms with Crippen molar-refractivity contribution in [2.45, 2.75) is 25.9 Å². The van der Waals surface area contributed by atoms with E-state index in [9.17, 15) is 4.79 Å². The Morgan fingerprint density at radius 1 is 1.53 bits per heavy atom. The van der Waals surface area contributed by atoms with Crippen LogP contribution in [0.4, 0.5) is 0 Å². The molecule has 1 unspecified atom stereocenters. The molecular formula is C15H21NO3. The van der Waals surface area contributed by atoms with E-state index in [1.165, 1.54) is 0 Å². The Morgan fingerprint density at radius 3 is 3.05 bits per heavy atom. The van der Waals surface area contributed by atoms with E-state index in [2.05, 4.69) is 0 Å². The standard InChI is InChI=1S/C15H21NO3/c1-3-16(2)15(17)12-6-4-7-13(10-12)19-11-14-8-5-9-18-14/h4,6-7,10,14H,3,5,8-9,11H2,1-2H3. The first-order chi connectivity index (χ1) is 9.20. The summed E-state index contributed by atoms with van der Waals surface area (Å²) in [5.74, 6) is 0.746. The van der Waals surface area contributed by atoms with Crippen molar-refractivity contribution < 1.29 is 14.3 Å². The summed E-state index contributed by atoms with van der Waals surface area (Å²) in [7, 11) is 1.79. The van der Waals surface area contributed by atoms with Crippen LogP contribution in [0.1, 0.15) is 30.1 Å². The maximum absolute atomic E-state index is 12.0. The van der Waals surface area contributed by atoms with Gasteiger partial charge in [-0.1, -0.05) is 6.07 Å². The van der Waals surface area contributed by atoms with Crippen LogP contribution in [0.5, 0.6) is 5.75 Å². The molecule has 0 radical (unpaired) electrons. The summed E-state index contributed by atoms with van der Waals surface area (Å²) in [6.07, 6.45) is 2.35. The third-order valence-electron chi connectivity index (χ3n) is 3.36. The van der Waals surface area contributed by atoms with E-state index < -0.39 is 0 Å². The number of rotatable bonds is 5. The maximum Gasteiger partial charge on any atom is 0.253 e. The van der Waals surface area contributed by atoms with E-state index >= 15 is 0 Å². The van der Waals surface area contributed by atoms with E-state index in [0.29, 0.717) is 18.7 Å². The Hall–Kier alpha value is -1.55. The fourth-order valence-electron chi connectivity index (χ4n) is 2.05. The van der Waals surface area contributed by atoms with Gasteiger partial charge in [0.15, 0.2) is 0 Å². The fraction of sp³-hybridized carbons (Fsp3) is 0.533. The van der Waals surface area contributed by atoms with Crippen LogP contribution in [-0.4, -0.2) is 43.7 Å². The van der Waals surface area contributed by atoms with Gasteiger partial charge in [0.05, 0.1) is 6.10 Å². The summed E-state index contributed by atoms with van der Waals surface area (Å²) < 4.78 is 11.2. The van der Waals surface area contributed by atoms with Gasteiger partial charge < -0.3 is 14.4 Å². The predicted octanol–water partition coefficient (Wildman–Crippen LogP) is 2.34. The molecule has 1 saturated heterocycles.